The Bertz CT molecular complexity index is 822. The van der Waals surface area contributed by atoms with Crippen LogP contribution in [0.3, 0.4) is 0 Å². The standard InChI is InChI=1S/C17H16F4N2O3/c1-9-3-4-10(7-12(9)18)13-8-11(17(19,20)21)14(16(24)25)15(23-13)22-5-6-26-2/h3-4,7-8H,5-6H2,1-2H3,(H,22,23)(H,24,25). The Morgan fingerprint density at radius 1 is 1.31 bits per heavy atom. The van der Waals surface area contributed by atoms with Gasteiger partial charge in [-0.25, -0.2) is 14.2 Å². The Kier molecular flexibility index (Phi) is 5.81. The third-order valence-electron chi connectivity index (χ3n) is 3.60. The van der Waals surface area contributed by atoms with Gasteiger partial charge in [-0.05, 0) is 24.6 Å². The van der Waals surface area contributed by atoms with E-state index in [1.165, 1.54) is 26.2 Å². The van der Waals surface area contributed by atoms with E-state index in [4.69, 9.17) is 4.74 Å². The van der Waals surface area contributed by atoms with Crippen LogP contribution in [0.1, 0.15) is 21.5 Å². The summed E-state index contributed by atoms with van der Waals surface area (Å²) < 4.78 is 58.8. The molecule has 0 atom stereocenters. The minimum atomic E-state index is -4.92. The molecule has 1 aromatic carbocycles. The fourth-order valence-electron chi connectivity index (χ4n) is 2.28. The summed E-state index contributed by atoms with van der Waals surface area (Å²) in [6, 6.07) is 4.48. The molecule has 2 aromatic rings. The minimum absolute atomic E-state index is 0.0484. The van der Waals surface area contributed by atoms with Crippen LogP contribution in [-0.2, 0) is 10.9 Å². The van der Waals surface area contributed by atoms with Crippen LogP contribution >= 0.6 is 0 Å². The van der Waals surface area contributed by atoms with E-state index < -0.39 is 34.9 Å². The van der Waals surface area contributed by atoms with Gasteiger partial charge < -0.3 is 15.2 Å². The van der Waals surface area contributed by atoms with Crippen molar-refractivity contribution in [2.45, 2.75) is 13.1 Å². The summed E-state index contributed by atoms with van der Waals surface area (Å²) in [6.45, 7) is 1.69. The maximum atomic E-state index is 13.8. The average Bonchev–Trinajstić information content (AvgIpc) is 2.55. The van der Waals surface area contributed by atoms with Gasteiger partial charge in [-0.2, -0.15) is 13.2 Å². The van der Waals surface area contributed by atoms with E-state index >= 15 is 0 Å². The van der Waals surface area contributed by atoms with Gasteiger partial charge in [0.15, 0.2) is 0 Å². The number of aromatic nitrogens is 1. The van der Waals surface area contributed by atoms with Crippen LogP contribution in [0.25, 0.3) is 11.3 Å². The summed E-state index contributed by atoms with van der Waals surface area (Å²) in [5.74, 6) is -2.83. The normalized spacial score (nSPS) is 11.5. The van der Waals surface area contributed by atoms with Crippen molar-refractivity contribution in [1.82, 2.24) is 4.98 Å². The predicted octanol–water partition coefficient (Wildman–Crippen LogP) is 3.97. The molecule has 0 amide bonds. The maximum absolute atomic E-state index is 13.8. The number of pyridine rings is 1. The number of anilines is 1. The van der Waals surface area contributed by atoms with Crippen LogP contribution in [-0.4, -0.2) is 36.3 Å². The summed E-state index contributed by atoms with van der Waals surface area (Å²) in [4.78, 5) is 15.4. The molecule has 0 aliphatic heterocycles. The number of ether oxygens (including phenoxy) is 1. The zero-order valence-electron chi connectivity index (χ0n) is 13.9. The third-order valence-corrected chi connectivity index (χ3v) is 3.60. The highest BCUT2D eigenvalue weighted by atomic mass is 19.4. The van der Waals surface area contributed by atoms with Crippen LogP contribution in [0.4, 0.5) is 23.4 Å². The molecule has 0 spiro atoms. The molecule has 140 valence electrons. The Labute approximate surface area is 146 Å². The second-order valence-electron chi connectivity index (χ2n) is 5.47. The predicted molar refractivity (Wildman–Crippen MR) is 86.7 cm³/mol. The molecule has 26 heavy (non-hydrogen) atoms. The zero-order valence-corrected chi connectivity index (χ0v) is 13.9. The number of hydrogen-bond donors (Lipinski definition) is 2. The fourth-order valence-corrected chi connectivity index (χ4v) is 2.28. The monoisotopic (exact) mass is 372 g/mol. The number of aryl methyl sites for hydroxylation is 1. The Balaban J connectivity index is 2.67. The van der Waals surface area contributed by atoms with Crippen molar-refractivity contribution < 1.29 is 32.2 Å². The number of carbonyl (C=O) groups is 1. The molecule has 2 rings (SSSR count). The number of halogens is 4. The first-order chi connectivity index (χ1) is 12.1. The molecule has 0 fully saturated rings. The molecular formula is C17H16F4N2O3. The number of aromatic carboxylic acids is 1. The topological polar surface area (TPSA) is 71.5 Å². The lowest BCUT2D eigenvalue weighted by Gasteiger charge is -2.17. The minimum Gasteiger partial charge on any atom is -0.478 e. The van der Waals surface area contributed by atoms with Crippen LogP contribution in [0.15, 0.2) is 24.3 Å². The number of carboxylic acids is 1. The first-order valence-electron chi connectivity index (χ1n) is 7.50. The molecule has 1 aromatic heterocycles. The van der Waals surface area contributed by atoms with Gasteiger partial charge in [0.1, 0.15) is 17.2 Å². The van der Waals surface area contributed by atoms with Crippen molar-refractivity contribution in [3.63, 3.8) is 0 Å². The molecule has 0 bridgehead atoms. The first-order valence-corrected chi connectivity index (χ1v) is 7.50. The molecule has 5 nitrogen and oxygen atoms in total. The first kappa shape index (κ1) is 19.6. The quantitative estimate of drug-likeness (QED) is 0.593. The summed E-state index contributed by atoms with van der Waals surface area (Å²) >= 11 is 0. The van der Waals surface area contributed by atoms with E-state index in [0.717, 1.165) is 6.07 Å². The van der Waals surface area contributed by atoms with Crippen molar-refractivity contribution in [3.05, 3.63) is 46.8 Å². The number of alkyl halides is 3. The van der Waals surface area contributed by atoms with Crippen molar-refractivity contribution >= 4 is 11.8 Å². The number of benzene rings is 1. The van der Waals surface area contributed by atoms with E-state index in [1.807, 2.05) is 0 Å². The highest BCUT2D eigenvalue weighted by Gasteiger charge is 2.38. The maximum Gasteiger partial charge on any atom is 0.417 e. The lowest BCUT2D eigenvalue weighted by molar-refractivity contribution is -0.138. The van der Waals surface area contributed by atoms with Crippen LogP contribution < -0.4 is 5.32 Å². The van der Waals surface area contributed by atoms with Crippen molar-refractivity contribution in [1.29, 1.82) is 0 Å². The van der Waals surface area contributed by atoms with Gasteiger partial charge in [0.05, 0.1) is 17.9 Å². The van der Waals surface area contributed by atoms with Crippen LogP contribution in [0.5, 0.6) is 0 Å². The van der Waals surface area contributed by atoms with Gasteiger partial charge in [0.25, 0.3) is 0 Å². The van der Waals surface area contributed by atoms with E-state index in [1.54, 1.807) is 0 Å². The molecule has 0 radical (unpaired) electrons. The average molecular weight is 372 g/mol. The Morgan fingerprint density at radius 2 is 2.00 bits per heavy atom. The fraction of sp³-hybridized carbons (Fsp3) is 0.294. The number of methoxy groups -OCH3 is 1. The third kappa shape index (κ3) is 4.29. The largest absolute Gasteiger partial charge is 0.478 e. The molecular weight excluding hydrogens is 356 g/mol. The molecule has 0 saturated carbocycles. The van der Waals surface area contributed by atoms with Crippen molar-refractivity contribution in [2.75, 3.05) is 25.6 Å². The van der Waals surface area contributed by atoms with E-state index in [-0.39, 0.29) is 24.4 Å². The van der Waals surface area contributed by atoms with Crippen LogP contribution in [0.2, 0.25) is 0 Å². The highest BCUT2D eigenvalue weighted by Crippen LogP contribution is 2.37. The second kappa shape index (κ2) is 7.69. The van der Waals surface area contributed by atoms with Gasteiger partial charge >= 0.3 is 12.1 Å². The number of nitrogens with zero attached hydrogens (tertiary/aromatic N) is 1. The second-order valence-corrected chi connectivity index (χ2v) is 5.47. The SMILES string of the molecule is COCCNc1nc(-c2ccc(C)c(F)c2)cc(C(F)(F)F)c1C(=O)O. The van der Waals surface area contributed by atoms with Gasteiger partial charge in [0.2, 0.25) is 0 Å². The van der Waals surface area contributed by atoms with E-state index in [0.29, 0.717) is 11.6 Å². The molecule has 1 heterocycles. The summed E-state index contributed by atoms with van der Waals surface area (Å²) in [5, 5.41) is 11.8. The smallest absolute Gasteiger partial charge is 0.417 e. The van der Waals surface area contributed by atoms with Crippen molar-refractivity contribution in [2.24, 2.45) is 0 Å². The molecule has 0 unspecified atom stereocenters. The number of nitrogens with one attached hydrogen (secondary N) is 1. The zero-order chi connectivity index (χ0) is 19.5. The molecule has 9 heteroatoms. The molecule has 2 N–H and O–H groups in total. The number of rotatable bonds is 6. The van der Waals surface area contributed by atoms with Gasteiger partial charge in [-0.3, -0.25) is 0 Å². The number of hydrogen-bond acceptors (Lipinski definition) is 4. The molecule has 0 saturated heterocycles. The summed E-state index contributed by atoms with van der Waals surface area (Å²) in [6.07, 6.45) is -4.92. The number of carboxylic acid groups (broad SMARTS) is 1. The summed E-state index contributed by atoms with van der Waals surface area (Å²) in [7, 11) is 1.39. The lowest BCUT2D eigenvalue weighted by Crippen LogP contribution is -2.19. The summed E-state index contributed by atoms with van der Waals surface area (Å²) in [5.41, 5.74) is -2.13. The van der Waals surface area contributed by atoms with Crippen LogP contribution in [0, 0.1) is 12.7 Å². The molecule has 0 aliphatic rings. The highest BCUT2D eigenvalue weighted by molar-refractivity contribution is 5.96. The Hall–Kier alpha value is -2.68. The van der Waals surface area contributed by atoms with Gasteiger partial charge in [-0.1, -0.05) is 12.1 Å². The lowest BCUT2D eigenvalue weighted by atomic mass is 10.0. The molecule has 0 aliphatic carbocycles. The van der Waals surface area contributed by atoms with Gasteiger partial charge in [0, 0.05) is 19.2 Å². The van der Waals surface area contributed by atoms with Crippen molar-refractivity contribution in [3.8, 4) is 11.3 Å². The van der Waals surface area contributed by atoms with E-state index in [9.17, 15) is 27.5 Å². The van der Waals surface area contributed by atoms with Gasteiger partial charge in [-0.15, -0.1) is 0 Å². The van der Waals surface area contributed by atoms with E-state index in [2.05, 4.69) is 10.3 Å². The Morgan fingerprint density at radius 3 is 2.54 bits per heavy atom.